The molecule has 1 aromatic carbocycles. The normalized spacial score (nSPS) is 11.2. The molecule has 0 radical (unpaired) electrons. The van der Waals surface area contributed by atoms with Gasteiger partial charge in [-0.2, -0.15) is 9.61 Å². The number of hydrogen-bond acceptors (Lipinski definition) is 6. The quantitative estimate of drug-likeness (QED) is 0.723. The van der Waals surface area contributed by atoms with Crippen LogP contribution in [0.1, 0.15) is 16.4 Å². The first-order valence-corrected chi connectivity index (χ1v) is 7.12. The Bertz CT molecular complexity index is 720. The first-order valence-electron chi connectivity index (χ1n) is 6.30. The second-order valence-corrected chi connectivity index (χ2v) is 5.48. The highest BCUT2D eigenvalue weighted by Crippen LogP contribution is 2.18. The van der Waals surface area contributed by atoms with Gasteiger partial charge < -0.3 is 10.5 Å². The molecule has 0 spiro atoms. The molecular weight excluding hydrogens is 274 g/mol. The maximum atomic E-state index is 5.94. The first kappa shape index (κ1) is 13.0. The molecule has 2 N–H and O–H groups in total. The van der Waals surface area contributed by atoms with Crippen molar-refractivity contribution >= 4 is 22.0 Å². The molecule has 0 saturated carbocycles. The van der Waals surface area contributed by atoms with Crippen molar-refractivity contribution in [2.45, 2.75) is 19.4 Å². The van der Waals surface area contributed by atoms with Gasteiger partial charge in [-0.05, 0) is 18.1 Å². The van der Waals surface area contributed by atoms with E-state index in [2.05, 4.69) is 15.3 Å². The summed E-state index contributed by atoms with van der Waals surface area (Å²) >= 11 is 1.55. The van der Waals surface area contributed by atoms with Crippen molar-refractivity contribution in [1.29, 1.82) is 0 Å². The highest BCUT2D eigenvalue weighted by molar-refractivity contribution is 7.16. The van der Waals surface area contributed by atoms with Crippen LogP contribution in [0.4, 0.5) is 5.69 Å². The summed E-state index contributed by atoms with van der Waals surface area (Å²) in [6.45, 7) is 0.413. The average Bonchev–Trinajstić information content (AvgIpc) is 3.00. The molecule has 6 nitrogen and oxygen atoms in total. The predicted molar refractivity (Wildman–Crippen MR) is 77.6 cm³/mol. The van der Waals surface area contributed by atoms with Crippen LogP contribution in [-0.2, 0) is 24.2 Å². The Hall–Kier alpha value is -1.99. The van der Waals surface area contributed by atoms with Gasteiger partial charge in [-0.15, -0.1) is 10.2 Å². The van der Waals surface area contributed by atoms with Crippen LogP contribution in [0.15, 0.2) is 24.3 Å². The molecule has 7 heteroatoms. The molecule has 0 bridgehead atoms. The van der Waals surface area contributed by atoms with Crippen molar-refractivity contribution in [2.75, 3.05) is 12.8 Å². The molecule has 0 unspecified atom stereocenters. The van der Waals surface area contributed by atoms with Crippen molar-refractivity contribution in [2.24, 2.45) is 0 Å². The van der Waals surface area contributed by atoms with Crippen LogP contribution in [-0.4, -0.2) is 26.9 Å². The third kappa shape index (κ3) is 2.50. The number of aromatic nitrogens is 4. The van der Waals surface area contributed by atoms with Gasteiger partial charge in [-0.1, -0.05) is 29.5 Å². The minimum atomic E-state index is 0.413. The van der Waals surface area contributed by atoms with E-state index in [0.717, 1.165) is 39.9 Å². The fourth-order valence-electron chi connectivity index (χ4n) is 2.02. The number of para-hydroxylation sites is 1. The SMILES string of the molecule is COCc1nnc2sc(CCc3ccccc3N)nn12. The molecule has 0 aliphatic rings. The highest BCUT2D eigenvalue weighted by Gasteiger charge is 2.11. The molecule has 0 fully saturated rings. The van der Waals surface area contributed by atoms with E-state index in [9.17, 15) is 0 Å². The van der Waals surface area contributed by atoms with Crippen molar-refractivity contribution in [3.05, 3.63) is 40.7 Å². The molecule has 2 heterocycles. The molecule has 0 aliphatic carbocycles. The van der Waals surface area contributed by atoms with Gasteiger partial charge in [0.2, 0.25) is 4.96 Å². The number of ether oxygens (including phenoxy) is 1. The van der Waals surface area contributed by atoms with E-state index >= 15 is 0 Å². The number of benzene rings is 1. The molecule has 0 saturated heterocycles. The fourth-order valence-corrected chi connectivity index (χ4v) is 2.87. The zero-order valence-corrected chi connectivity index (χ0v) is 11.9. The molecule has 2 aromatic heterocycles. The first-order chi connectivity index (χ1) is 9.78. The van der Waals surface area contributed by atoms with Crippen LogP contribution < -0.4 is 5.73 Å². The molecule has 0 atom stereocenters. The van der Waals surface area contributed by atoms with Gasteiger partial charge in [0.15, 0.2) is 5.82 Å². The Morgan fingerprint density at radius 2 is 2.10 bits per heavy atom. The van der Waals surface area contributed by atoms with Gasteiger partial charge in [-0.3, -0.25) is 0 Å². The third-order valence-electron chi connectivity index (χ3n) is 3.03. The summed E-state index contributed by atoms with van der Waals surface area (Å²) in [7, 11) is 1.63. The molecule has 3 aromatic rings. The van der Waals surface area contributed by atoms with E-state index in [0.29, 0.717) is 6.61 Å². The molecule has 104 valence electrons. The van der Waals surface area contributed by atoms with E-state index in [1.165, 1.54) is 0 Å². The smallest absolute Gasteiger partial charge is 0.234 e. The van der Waals surface area contributed by atoms with Crippen LogP contribution in [0.25, 0.3) is 4.96 Å². The van der Waals surface area contributed by atoms with Crippen molar-refractivity contribution in [1.82, 2.24) is 19.8 Å². The van der Waals surface area contributed by atoms with Crippen LogP contribution >= 0.6 is 11.3 Å². The Morgan fingerprint density at radius 3 is 2.90 bits per heavy atom. The monoisotopic (exact) mass is 289 g/mol. The van der Waals surface area contributed by atoms with E-state index in [1.807, 2.05) is 24.3 Å². The second-order valence-electron chi connectivity index (χ2n) is 4.44. The van der Waals surface area contributed by atoms with E-state index in [1.54, 1.807) is 23.0 Å². The number of rotatable bonds is 5. The number of nitrogens with zero attached hydrogens (tertiary/aromatic N) is 4. The predicted octanol–water partition coefficient (Wildman–Crippen LogP) is 1.70. The molecule has 0 aliphatic heterocycles. The number of hydrogen-bond donors (Lipinski definition) is 1. The molecule has 0 amide bonds. The Balaban J connectivity index is 1.76. The number of nitrogen functional groups attached to an aromatic ring is 1. The summed E-state index contributed by atoms with van der Waals surface area (Å²) in [4.78, 5) is 0.799. The lowest BCUT2D eigenvalue weighted by Crippen LogP contribution is -2.00. The van der Waals surface area contributed by atoms with Gasteiger partial charge in [0.25, 0.3) is 0 Å². The lowest BCUT2D eigenvalue weighted by Gasteiger charge is -2.02. The molecule has 3 rings (SSSR count). The largest absolute Gasteiger partial charge is 0.399 e. The van der Waals surface area contributed by atoms with Gasteiger partial charge in [0.05, 0.1) is 0 Å². The average molecular weight is 289 g/mol. The molecule has 20 heavy (non-hydrogen) atoms. The second kappa shape index (κ2) is 5.56. The van der Waals surface area contributed by atoms with Gasteiger partial charge in [0, 0.05) is 19.2 Å². The van der Waals surface area contributed by atoms with Crippen molar-refractivity contribution in [3.8, 4) is 0 Å². The Labute approximate surface area is 120 Å². The number of aryl methyl sites for hydroxylation is 2. The number of fused-ring (bicyclic) bond motifs is 1. The third-order valence-corrected chi connectivity index (χ3v) is 3.99. The zero-order valence-electron chi connectivity index (χ0n) is 11.1. The topological polar surface area (TPSA) is 78.3 Å². The minimum Gasteiger partial charge on any atom is -0.399 e. The van der Waals surface area contributed by atoms with Crippen molar-refractivity contribution < 1.29 is 4.74 Å². The van der Waals surface area contributed by atoms with Crippen molar-refractivity contribution in [3.63, 3.8) is 0 Å². The lowest BCUT2D eigenvalue weighted by molar-refractivity contribution is 0.176. The maximum absolute atomic E-state index is 5.94. The zero-order chi connectivity index (χ0) is 13.9. The van der Waals surface area contributed by atoms with E-state index < -0.39 is 0 Å². The standard InChI is InChI=1S/C13H15N5OS/c1-19-8-11-15-16-13-18(11)17-12(20-13)7-6-9-4-2-3-5-10(9)14/h2-5H,6-8,14H2,1H3. The summed E-state index contributed by atoms with van der Waals surface area (Å²) in [5.41, 5.74) is 7.92. The number of methoxy groups -OCH3 is 1. The fraction of sp³-hybridized carbons (Fsp3) is 0.308. The van der Waals surface area contributed by atoms with Crippen LogP contribution in [0, 0.1) is 0 Å². The highest BCUT2D eigenvalue weighted by atomic mass is 32.1. The van der Waals surface area contributed by atoms with Crippen LogP contribution in [0.3, 0.4) is 0 Å². The Kier molecular flexibility index (Phi) is 3.62. The summed E-state index contributed by atoms with van der Waals surface area (Å²) < 4.78 is 6.82. The van der Waals surface area contributed by atoms with Crippen LogP contribution in [0.5, 0.6) is 0 Å². The van der Waals surface area contributed by atoms with Gasteiger partial charge in [-0.25, -0.2) is 0 Å². The van der Waals surface area contributed by atoms with Gasteiger partial charge >= 0.3 is 0 Å². The number of anilines is 1. The van der Waals surface area contributed by atoms with E-state index in [-0.39, 0.29) is 0 Å². The lowest BCUT2D eigenvalue weighted by atomic mass is 10.1. The van der Waals surface area contributed by atoms with Gasteiger partial charge in [0.1, 0.15) is 11.6 Å². The van der Waals surface area contributed by atoms with Crippen LogP contribution in [0.2, 0.25) is 0 Å². The Morgan fingerprint density at radius 1 is 1.25 bits per heavy atom. The van der Waals surface area contributed by atoms with E-state index in [4.69, 9.17) is 10.5 Å². The summed E-state index contributed by atoms with van der Waals surface area (Å²) in [6.07, 6.45) is 1.71. The summed E-state index contributed by atoms with van der Waals surface area (Å²) in [5.74, 6) is 0.726. The summed E-state index contributed by atoms with van der Waals surface area (Å²) in [6, 6.07) is 7.91. The maximum Gasteiger partial charge on any atom is 0.234 e. The minimum absolute atomic E-state index is 0.413. The molecular formula is C13H15N5OS. The summed E-state index contributed by atoms with van der Waals surface area (Å²) in [5, 5.41) is 13.7. The number of nitrogens with two attached hydrogens (primary N) is 1.